The van der Waals surface area contributed by atoms with E-state index in [0.29, 0.717) is 17.4 Å². The van der Waals surface area contributed by atoms with E-state index in [9.17, 15) is 0 Å². The molecule has 0 unspecified atom stereocenters. The van der Waals surface area contributed by atoms with Crippen LogP contribution in [-0.4, -0.2) is 23.1 Å². The first-order chi connectivity index (χ1) is 10.4. The summed E-state index contributed by atoms with van der Waals surface area (Å²) >= 11 is 5.94. The zero-order chi connectivity index (χ0) is 16.2. The fraction of sp³-hybridized carbons (Fsp3) is 0.412. The van der Waals surface area contributed by atoms with Crippen molar-refractivity contribution in [3.05, 3.63) is 41.2 Å². The van der Waals surface area contributed by atoms with Crippen molar-refractivity contribution in [1.29, 1.82) is 0 Å². The van der Waals surface area contributed by atoms with Crippen molar-refractivity contribution >= 4 is 17.3 Å². The second-order valence-corrected chi connectivity index (χ2v) is 6.72. The van der Waals surface area contributed by atoms with E-state index in [-0.39, 0.29) is 5.41 Å². The van der Waals surface area contributed by atoms with Gasteiger partial charge in [-0.2, -0.15) is 0 Å². The van der Waals surface area contributed by atoms with Crippen molar-refractivity contribution < 1.29 is 0 Å². The minimum Gasteiger partial charge on any atom is -0.382 e. The van der Waals surface area contributed by atoms with E-state index in [1.54, 1.807) is 0 Å². The molecule has 3 N–H and O–H groups in total. The number of hydrogen-bond donors (Lipinski definition) is 2. The minimum absolute atomic E-state index is 0.0742. The molecule has 0 aliphatic carbocycles. The molecule has 0 amide bonds. The maximum atomic E-state index is 5.94. The Labute approximate surface area is 137 Å². The highest BCUT2D eigenvalue weighted by atomic mass is 35.5. The Balaban J connectivity index is 2.36. The van der Waals surface area contributed by atoms with E-state index in [2.05, 4.69) is 31.1 Å². The van der Waals surface area contributed by atoms with Crippen LogP contribution in [0.15, 0.2) is 30.5 Å². The number of benzene rings is 1. The van der Waals surface area contributed by atoms with Gasteiger partial charge in [0.2, 0.25) is 0 Å². The molecule has 0 bridgehead atoms. The zero-order valence-corrected chi connectivity index (χ0v) is 14.1. The van der Waals surface area contributed by atoms with Crippen LogP contribution in [-0.2, 0) is 5.41 Å². The second kappa shape index (κ2) is 7.07. The molecule has 2 aromatic rings. The van der Waals surface area contributed by atoms with Gasteiger partial charge in [0.25, 0.3) is 0 Å². The van der Waals surface area contributed by atoms with E-state index in [1.807, 2.05) is 30.5 Å². The van der Waals surface area contributed by atoms with Gasteiger partial charge in [-0.3, -0.25) is 0 Å². The van der Waals surface area contributed by atoms with Crippen molar-refractivity contribution in [2.24, 2.45) is 5.73 Å². The first-order valence-corrected chi connectivity index (χ1v) is 7.87. The number of nitrogens with one attached hydrogen (secondary N) is 1. The summed E-state index contributed by atoms with van der Waals surface area (Å²) in [6.45, 7) is 7.93. The fourth-order valence-electron chi connectivity index (χ4n) is 2.15. The molecule has 118 valence electrons. The molecule has 4 nitrogen and oxygen atoms in total. The molecule has 0 radical (unpaired) electrons. The van der Waals surface area contributed by atoms with Crippen LogP contribution in [0.2, 0.25) is 5.02 Å². The Morgan fingerprint density at radius 2 is 1.86 bits per heavy atom. The van der Waals surface area contributed by atoms with Crippen LogP contribution in [0.3, 0.4) is 0 Å². The number of hydrogen-bond acceptors (Lipinski definition) is 4. The first kappa shape index (κ1) is 16.7. The van der Waals surface area contributed by atoms with E-state index in [4.69, 9.17) is 22.3 Å². The Morgan fingerprint density at radius 3 is 2.45 bits per heavy atom. The summed E-state index contributed by atoms with van der Waals surface area (Å²) in [5.41, 5.74) is 8.41. The van der Waals surface area contributed by atoms with Crippen LogP contribution < -0.4 is 11.1 Å². The molecule has 1 aromatic carbocycles. The maximum Gasteiger partial charge on any atom is 0.159 e. The molecule has 1 aromatic heterocycles. The molecule has 0 aliphatic heterocycles. The van der Waals surface area contributed by atoms with Gasteiger partial charge in [-0.05, 0) is 37.2 Å². The fourth-order valence-corrected chi connectivity index (χ4v) is 2.27. The molecular formula is C17H23ClN4. The SMILES string of the molecule is CC(C)(C)c1nc(-c2ccc(Cl)cc2)ncc1NCCCN. The van der Waals surface area contributed by atoms with Crippen LogP contribution in [0, 0.1) is 0 Å². The van der Waals surface area contributed by atoms with Gasteiger partial charge in [-0.25, -0.2) is 9.97 Å². The zero-order valence-electron chi connectivity index (χ0n) is 13.4. The summed E-state index contributed by atoms with van der Waals surface area (Å²) in [5.74, 6) is 0.714. The summed E-state index contributed by atoms with van der Waals surface area (Å²) in [6, 6.07) is 7.58. The van der Waals surface area contributed by atoms with Gasteiger partial charge in [-0.15, -0.1) is 0 Å². The average Bonchev–Trinajstić information content (AvgIpc) is 2.47. The average molecular weight is 319 g/mol. The molecule has 0 aliphatic rings. The van der Waals surface area contributed by atoms with Crippen LogP contribution in [0.25, 0.3) is 11.4 Å². The lowest BCUT2D eigenvalue weighted by Crippen LogP contribution is -2.19. The highest BCUT2D eigenvalue weighted by Gasteiger charge is 2.21. The predicted molar refractivity (Wildman–Crippen MR) is 93.3 cm³/mol. The van der Waals surface area contributed by atoms with E-state index < -0.39 is 0 Å². The lowest BCUT2D eigenvalue weighted by atomic mass is 9.90. The topological polar surface area (TPSA) is 63.8 Å². The van der Waals surface area contributed by atoms with Gasteiger partial charge in [0, 0.05) is 22.5 Å². The molecule has 0 atom stereocenters. The molecule has 1 heterocycles. The maximum absolute atomic E-state index is 5.94. The smallest absolute Gasteiger partial charge is 0.159 e. The third kappa shape index (κ3) is 4.18. The van der Waals surface area contributed by atoms with Gasteiger partial charge in [-0.1, -0.05) is 32.4 Å². The van der Waals surface area contributed by atoms with Crippen molar-refractivity contribution in [1.82, 2.24) is 9.97 Å². The van der Waals surface area contributed by atoms with Gasteiger partial charge >= 0.3 is 0 Å². The number of halogens is 1. The molecule has 0 saturated carbocycles. The number of nitrogens with two attached hydrogens (primary N) is 1. The van der Waals surface area contributed by atoms with Crippen LogP contribution in [0.1, 0.15) is 32.9 Å². The first-order valence-electron chi connectivity index (χ1n) is 7.49. The van der Waals surface area contributed by atoms with Crippen LogP contribution in [0.5, 0.6) is 0 Å². The number of nitrogens with zero attached hydrogens (tertiary/aromatic N) is 2. The van der Waals surface area contributed by atoms with Crippen molar-refractivity contribution in [3.63, 3.8) is 0 Å². The molecule has 22 heavy (non-hydrogen) atoms. The second-order valence-electron chi connectivity index (χ2n) is 6.28. The lowest BCUT2D eigenvalue weighted by Gasteiger charge is -2.22. The summed E-state index contributed by atoms with van der Waals surface area (Å²) in [7, 11) is 0. The summed E-state index contributed by atoms with van der Waals surface area (Å²) in [6.07, 6.45) is 2.77. The molecule has 2 rings (SSSR count). The van der Waals surface area contributed by atoms with Crippen molar-refractivity contribution in [3.8, 4) is 11.4 Å². The summed E-state index contributed by atoms with van der Waals surface area (Å²) < 4.78 is 0. The van der Waals surface area contributed by atoms with E-state index in [1.165, 1.54) is 0 Å². The number of rotatable bonds is 5. The van der Waals surface area contributed by atoms with E-state index in [0.717, 1.165) is 29.9 Å². The molecular weight excluding hydrogens is 296 g/mol. The minimum atomic E-state index is -0.0742. The van der Waals surface area contributed by atoms with Gasteiger partial charge in [0.05, 0.1) is 17.6 Å². The van der Waals surface area contributed by atoms with E-state index >= 15 is 0 Å². The van der Waals surface area contributed by atoms with Crippen molar-refractivity contribution in [2.45, 2.75) is 32.6 Å². The normalized spacial score (nSPS) is 11.5. The lowest BCUT2D eigenvalue weighted by molar-refractivity contribution is 0.569. The molecule has 0 fully saturated rings. The quantitative estimate of drug-likeness (QED) is 0.822. The Hall–Kier alpha value is -1.65. The molecule has 0 spiro atoms. The predicted octanol–water partition coefficient (Wildman–Crippen LogP) is 3.86. The highest BCUT2D eigenvalue weighted by Crippen LogP contribution is 2.29. The summed E-state index contributed by atoms with van der Waals surface area (Å²) in [5, 5.41) is 4.09. The van der Waals surface area contributed by atoms with Gasteiger partial charge < -0.3 is 11.1 Å². The molecule has 0 saturated heterocycles. The van der Waals surface area contributed by atoms with Gasteiger partial charge in [0.15, 0.2) is 5.82 Å². The Bertz CT molecular complexity index is 618. The monoisotopic (exact) mass is 318 g/mol. The Kier molecular flexibility index (Phi) is 5.37. The third-order valence-electron chi connectivity index (χ3n) is 3.30. The molecule has 5 heteroatoms. The summed E-state index contributed by atoms with van der Waals surface area (Å²) in [4.78, 5) is 9.26. The van der Waals surface area contributed by atoms with Crippen molar-refractivity contribution in [2.75, 3.05) is 18.4 Å². The number of anilines is 1. The standard InChI is InChI=1S/C17H23ClN4/c1-17(2,3)15-14(20-10-4-9-19)11-21-16(22-15)12-5-7-13(18)8-6-12/h5-8,11,20H,4,9-10,19H2,1-3H3. The van der Waals surface area contributed by atoms with Crippen LogP contribution in [0.4, 0.5) is 5.69 Å². The highest BCUT2D eigenvalue weighted by molar-refractivity contribution is 6.30. The third-order valence-corrected chi connectivity index (χ3v) is 3.55. The largest absolute Gasteiger partial charge is 0.382 e. The Morgan fingerprint density at radius 1 is 1.18 bits per heavy atom. The number of aromatic nitrogens is 2. The van der Waals surface area contributed by atoms with Crippen LogP contribution >= 0.6 is 11.6 Å². The van der Waals surface area contributed by atoms with Gasteiger partial charge in [0.1, 0.15) is 0 Å².